The van der Waals surface area contributed by atoms with Crippen LogP contribution in [0, 0.1) is 0 Å². The zero-order chi connectivity index (χ0) is 13.8. The van der Waals surface area contributed by atoms with Crippen molar-refractivity contribution in [1.82, 2.24) is 24.5 Å². The predicted molar refractivity (Wildman–Crippen MR) is 71.3 cm³/mol. The van der Waals surface area contributed by atoms with Crippen molar-refractivity contribution in [3.05, 3.63) is 61.2 Å². The molecule has 20 heavy (non-hydrogen) atoms. The molecule has 7 heteroatoms. The van der Waals surface area contributed by atoms with E-state index in [1.54, 1.807) is 53.9 Å². The summed E-state index contributed by atoms with van der Waals surface area (Å²) < 4.78 is 1.73. The van der Waals surface area contributed by atoms with Gasteiger partial charge in [0.15, 0.2) is 0 Å². The van der Waals surface area contributed by atoms with Crippen molar-refractivity contribution in [3.63, 3.8) is 0 Å². The first-order valence-corrected chi connectivity index (χ1v) is 5.85. The molecule has 1 amide bonds. The minimum Gasteiger partial charge on any atom is -0.306 e. The molecule has 0 radical (unpaired) electrons. The topological polar surface area (TPSA) is 85.6 Å². The Morgan fingerprint density at radius 1 is 1.10 bits per heavy atom. The van der Waals surface area contributed by atoms with Gasteiger partial charge in [0.2, 0.25) is 0 Å². The van der Waals surface area contributed by atoms with Crippen LogP contribution in [0.5, 0.6) is 0 Å². The van der Waals surface area contributed by atoms with Crippen LogP contribution >= 0.6 is 0 Å². The van der Waals surface area contributed by atoms with Crippen molar-refractivity contribution >= 4 is 11.7 Å². The molecule has 0 aliphatic rings. The summed E-state index contributed by atoms with van der Waals surface area (Å²) in [5, 5.41) is 2.71. The molecular weight excluding hydrogens is 256 g/mol. The first-order chi connectivity index (χ1) is 9.83. The van der Waals surface area contributed by atoms with Gasteiger partial charge in [-0.25, -0.2) is 15.0 Å². The molecule has 98 valence electrons. The van der Waals surface area contributed by atoms with E-state index in [0.717, 1.165) is 0 Å². The molecule has 0 saturated heterocycles. The molecule has 0 bridgehead atoms. The molecule has 0 aliphatic heterocycles. The van der Waals surface area contributed by atoms with E-state index in [9.17, 15) is 4.79 Å². The molecule has 0 aliphatic carbocycles. The fourth-order valence-electron chi connectivity index (χ4n) is 1.64. The van der Waals surface area contributed by atoms with E-state index >= 15 is 0 Å². The van der Waals surface area contributed by atoms with Gasteiger partial charge in [-0.3, -0.25) is 14.3 Å². The van der Waals surface area contributed by atoms with Gasteiger partial charge in [-0.05, 0) is 12.1 Å². The lowest BCUT2D eigenvalue weighted by Crippen LogP contribution is -2.13. The van der Waals surface area contributed by atoms with Gasteiger partial charge in [0, 0.05) is 36.4 Å². The molecule has 0 unspecified atom stereocenters. The van der Waals surface area contributed by atoms with Crippen molar-refractivity contribution in [1.29, 1.82) is 0 Å². The Hall–Kier alpha value is -3.09. The van der Waals surface area contributed by atoms with Gasteiger partial charge in [-0.1, -0.05) is 0 Å². The van der Waals surface area contributed by atoms with E-state index in [2.05, 4.69) is 25.3 Å². The lowest BCUT2D eigenvalue weighted by atomic mass is 10.2. The second-order valence-electron chi connectivity index (χ2n) is 3.92. The van der Waals surface area contributed by atoms with Crippen molar-refractivity contribution in [2.24, 2.45) is 0 Å². The molecular formula is C13H10N6O. The Morgan fingerprint density at radius 2 is 1.95 bits per heavy atom. The Kier molecular flexibility index (Phi) is 3.15. The highest BCUT2D eigenvalue weighted by Crippen LogP contribution is 2.09. The molecule has 0 fully saturated rings. The van der Waals surface area contributed by atoms with E-state index in [4.69, 9.17) is 0 Å². The number of imidazole rings is 1. The van der Waals surface area contributed by atoms with Crippen molar-refractivity contribution in [3.8, 4) is 5.82 Å². The van der Waals surface area contributed by atoms with Crippen LogP contribution in [0.4, 0.5) is 5.82 Å². The normalized spacial score (nSPS) is 10.2. The van der Waals surface area contributed by atoms with E-state index in [1.807, 2.05) is 0 Å². The lowest BCUT2D eigenvalue weighted by Gasteiger charge is -2.06. The molecule has 3 aromatic rings. The van der Waals surface area contributed by atoms with Crippen LogP contribution in [0.2, 0.25) is 0 Å². The number of nitrogens with one attached hydrogen (secondary N) is 1. The first-order valence-electron chi connectivity index (χ1n) is 5.85. The number of anilines is 1. The van der Waals surface area contributed by atoms with Gasteiger partial charge in [-0.15, -0.1) is 0 Å². The van der Waals surface area contributed by atoms with E-state index in [0.29, 0.717) is 17.2 Å². The molecule has 0 saturated carbocycles. The summed E-state index contributed by atoms with van der Waals surface area (Å²) in [6.45, 7) is 0. The number of carbonyl (C=O) groups is 1. The minimum absolute atomic E-state index is 0.248. The first kappa shape index (κ1) is 12.0. The average molecular weight is 266 g/mol. The zero-order valence-electron chi connectivity index (χ0n) is 10.3. The number of nitrogens with zero attached hydrogens (tertiary/aromatic N) is 5. The van der Waals surface area contributed by atoms with Gasteiger partial charge in [-0.2, -0.15) is 0 Å². The van der Waals surface area contributed by atoms with E-state index in [1.165, 1.54) is 6.33 Å². The molecule has 0 aromatic carbocycles. The second-order valence-corrected chi connectivity index (χ2v) is 3.92. The maximum absolute atomic E-state index is 12.0. The highest BCUT2D eigenvalue weighted by molar-refractivity contribution is 6.03. The third kappa shape index (κ3) is 2.51. The lowest BCUT2D eigenvalue weighted by molar-refractivity contribution is 0.102. The quantitative estimate of drug-likeness (QED) is 0.772. The number of pyridine rings is 1. The zero-order valence-corrected chi connectivity index (χ0v) is 10.3. The van der Waals surface area contributed by atoms with Crippen LogP contribution < -0.4 is 5.32 Å². The fraction of sp³-hybridized carbons (Fsp3) is 0. The van der Waals surface area contributed by atoms with Gasteiger partial charge in [0.1, 0.15) is 24.3 Å². The van der Waals surface area contributed by atoms with E-state index in [-0.39, 0.29) is 5.91 Å². The van der Waals surface area contributed by atoms with Crippen LogP contribution in [-0.2, 0) is 0 Å². The molecule has 3 aromatic heterocycles. The summed E-state index contributed by atoms with van der Waals surface area (Å²) in [5.41, 5.74) is 0.516. The van der Waals surface area contributed by atoms with Crippen molar-refractivity contribution in [2.45, 2.75) is 0 Å². The Balaban J connectivity index is 1.82. The molecule has 3 rings (SSSR count). The number of aromatic nitrogens is 5. The van der Waals surface area contributed by atoms with Crippen molar-refractivity contribution in [2.75, 3.05) is 5.32 Å². The number of amides is 1. The van der Waals surface area contributed by atoms with Crippen LogP contribution in [0.1, 0.15) is 10.4 Å². The third-order valence-electron chi connectivity index (χ3n) is 2.61. The van der Waals surface area contributed by atoms with Crippen LogP contribution in [0.3, 0.4) is 0 Å². The molecule has 0 spiro atoms. The standard InChI is InChI=1S/C13H10N6O/c20-13(10-1-3-14-4-2-10)18-11-7-12(17-8-16-11)19-6-5-15-9-19/h1-9H,(H,16,17,18,20). The maximum atomic E-state index is 12.0. The van der Waals surface area contributed by atoms with Crippen LogP contribution in [-0.4, -0.2) is 30.4 Å². The predicted octanol–water partition coefficient (Wildman–Crippen LogP) is 1.31. The monoisotopic (exact) mass is 266 g/mol. The van der Waals surface area contributed by atoms with Gasteiger partial charge < -0.3 is 5.32 Å². The SMILES string of the molecule is O=C(Nc1cc(-n2ccnc2)ncn1)c1ccncc1. The highest BCUT2D eigenvalue weighted by Gasteiger charge is 2.07. The smallest absolute Gasteiger partial charge is 0.256 e. The Bertz CT molecular complexity index is 711. The minimum atomic E-state index is -0.248. The number of rotatable bonds is 3. The summed E-state index contributed by atoms with van der Waals surface area (Å²) in [6.07, 6.45) is 9.54. The molecule has 1 N–H and O–H groups in total. The van der Waals surface area contributed by atoms with Gasteiger partial charge in [0.05, 0.1) is 0 Å². The average Bonchev–Trinajstić information content (AvgIpc) is 3.03. The van der Waals surface area contributed by atoms with Gasteiger partial charge >= 0.3 is 0 Å². The largest absolute Gasteiger partial charge is 0.306 e. The van der Waals surface area contributed by atoms with E-state index < -0.39 is 0 Å². The van der Waals surface area contributed by atoms with Crippen LogP contribution in [0.15, 0.2) is 55.6 Å². The number of hydrogen-bond donors (Lipinski definition) is 1. The molecule has 7 nitrogen and oxygen atoms in total. The highest BCUT2D eigenvalue weighted by atomic mass is 16.1. The fourth-order valence-corrected chi connectivity index (χ4v) is 1.64. The maximum Gasteiger partial charge on any atom is 0.256 e. The Morgan fingerprint density at radius 3 is 2.70 bits per heavy atom. The summed E-state index contributed by atoms with van der Waals surface area (Å²) in [4.78, 5) is 27.9. The van der Waals surface area contributed by atoms with Crippen LogP contribution in [0.25, 0.3) is 5.82 Å². The molecule has 0 atom stereocenters. The number of carbonyl (C=O) groups excluding carboxylic acids is 1. The third-order valence-corrected chi connectivity index (χ3v) is 2.61. The number of hydrogen-bond acceptors (Lipinski definition) is 5. The summed E-state index contributed by atoms with van der Waals surface area (Å²) in [6, 6.07) is 4.93. The molecule has 3 heterocycles. The summed E-state index contributed by atoms with van der Waals surface area (Å²) in [5.74, 6) is 0.802. The summed E-state index contributed by atoms with van der Waals surface area (Å²) in [7, 11) is 0. The second kappa shape index (κ2) is 5.27. The van der Waals surface area contributed by atoms with Gasteiger partial charge in [0.25, 0.3) is 5.91 Å². The summed E-state index contributed by atoms with van der Waals surface area (Å²) >= 11 is 0. The van der Waals surface area contributed by atoms with Crippen molar-refractivity contribution < 1.29 is 4.79 Å². The Labute approximate surface area is 114 Å².